The molecule has 0 aliphatic carbocycles. The van der Waals surface area contributed by atoms with E-state index in [1.807, 2.05) is 6.07 Å². The van der Waals surface area contributed by atoms with Gasteiger partial charge in [0.1, 0.15) is 0 Å². The fourth-order valence-electron chi connectivity index (χ4n) is 1.89. The molecule has 0 saturated carbocycles. The van der Waals surface area contributed by atoms with Gasteiger partial charge in [0, 0.05) is 17.3 Å². The second-order valence-corrected chi connectivity index (χ2v) is 4.22. The molecule has 0 aliphatic rings. The van der Waals surface area contributed by atoms with Crippen LogP contribution in [0.3, 0.4) is 0 Å². The molecule has 1 aromatic carbocycles. The maximum absolute atomic E-state index is 14.5. The molecule has 1 aromatic heterocycles. The number of aromatic amines is 1. The Labute approximate surface area is 113 Å². The zero-order valence-corrected chi connectivity index (χ0v) is 10.8. The number of aryl methyl sites for hydroxylation is 1. The molecule has 2 aromatic rings. The average Bonchev–Trinajstić information content (AvgIpc) is 2.47. The van der Waals surface area contributed by atoms with E-state index in [2.05, 4.69) is 4.98 Å². The average molecular weight is 273 g/mol. The molecule has 0 aliphatic heterocycles. The molecular formula is C14H12FN3O2. The highest BCUT2D eigenvalue weighted by Gasteiger charge is 2.18. The van der Waals surface area contributed by atoms with Gasteiger partial charge in [-0.3, -0.25) is 4.79 Å². The number of benzene rings is 1. The summed E-state index contributed by atoms with van der Waals surface area (Å²) in [5.41, 5.74) is -0.803. The van der Waals surface area contributed by atoms with Crippen molar-refractivity contribution < 1.29 is 4.39 Å². The van der Waals surface area contributed by atoms with E-state index >= 15 is 0 Å². The first kappa shape index (κ1) is 13.7. The summed E-state index contributed by atoms with van der Waals surface area (Å²) in [6.45, 7) is 1.74. The molecule has 0 amide bonds. The van der Waals surface area contributed by atoms with E-state index in [4.69, 9.17) is 5.26 Å². The first-order valence-electron chi connectivity index (χ1n) is 6.05. The maximum Gasteiger partial charge on any atom is 0.331 e. The van der Waals surface area contributed by atoms with Crippen molar-refractivity contribution >= 4 is 0 Å². The topological polar surface area (TPSA) is 78.7 Å². The first-order valence-corrected chi connectivity index (χ1v) is 6.05. The Balaban J connectivity index is 2.59. The van der Waals surface area contributed by atoms with Crippen LogP contribution in [-0.2, 0) is 6.42 Å². The lowest BCUT2D eigenvalue weighted by atomic mass is 10.1. The Morgan fingerprint density at radius 3 is 2.85 bits per heavy atom. The molecule has 102 valence electrons. The Kier molecular flexibility index (Phi) is 3.80. The van der Waals surface area contributed by atoms with Crippen LogP contribution in [0.5, 0.6) is 0 Å². The molecule has 1 atom stereocenters. The van der Waals surface area contributed by atoms with Crippen molar-refractivity contribution in [2.75, 3.05) is 0 Å². The Bertz CT molecular complexity index is 786. The van der Waals surface area contributed by atoms with Gasteiger partial charge in [-0.15, -0.1) is 0 Å². The first-order chi connectivity index (χ1) is 9.58. The number of alkyl halides is 1. The molecule has 2 rings (SSSR count). The van der Waals surface area contributed by atoms with Crippen LogP contribution in [0, 0.1) is 11.3 Å². The molecule has 1 N–H and O–H groups in total. The fraction of sp³-hybridized carbons (Fsp3) is 0.214. The maximum atomic E-state index is 14.5. The molecule has 6 heteroatoms. The van der Waals surface area contributed by atoms with Crippen molar-refractivity contribution in [3.63, 3.8) is 0 Å². The normalized spacial score (nSPS) is 11.8. The van der Waals surface area contributed by atoms with Gasteiger partial charge in [-0.2, -0.15) is 5.26 Å². The summed E-state index contributed by atoms with van der Waals surface area (Å²) in [6, 6.07) is 7.65. The number of rotatable bonds is 3. The van der Waals surface area contributed by atoms with Gasteiger partial charge >= 0.3 is 5.69 Å². The van der Waals surface area contributed by atoms with Crippen LogP contribution >= 0.6 is 0 Å². The zero-order valence-electron chi connectivity index (χ0n) is 10.8. The van der Waals surface area contributed by atoms with Gasteiger partial charge in [-0.25, -0.2) is 13.8 Å². The van der Waals surface area contributed by atoms with Gasteiger partial charge in [0.25, 0.3) is 5.56 Å². The van der Waals surface area contributed by atoms with Crippen LogP contribution in [0.4, 0.5) is 4.39 Å². The summed E-state index contributed by atoms with van der Waals surface area (Å²) in [6.07, 6.45) is -0.244. The Morgan fingerprint density at radius 1 is 1.45 bits per heavy atom. The van der Waals surface area contributed by atoms with E-state index in [0.29, 0.717) is 16.6 Å². The number of nitrogens with one attached hydrogen (secondary N) is 1. The van der Waals surface area contributed by atoms with Crippen LogP contribution in [-0.4, -0.2) is 9.55 Å². The van der Waals surface area contributed by atoms with E-state index in [0.717, 1.165) is 0 Å². The van der Waals surface area contributed by atoms with Crippen molar-refractivity contribution in [2.45, 2.75) is 19.6 Å². The van der Waals surface area contributed by atoms with Crippen molar-refractivity contribution in [2.24, 2.45) is 0 Å². The van der Waals surface area contributed by atoms with Crippen molar-refractivity contribution in [3.05, 3.63) is 68.0 Å². The second-order valence-electron chi connectivity index (χ2n) is 4.22. The lowest BCUT2D eigenvalue weighted by Gasteiger charge is -2.12. The number of H-pyrrole nitrogens is 1. The van der Waals surface area contributed by atoms with Crippen LogP contribution in [0.25, 0.3) is 0 Å². The third kappa shape index (κ3) is 2.38. The molecule has 0 radical (unpaired) electrons. The van der Waals surface area contributed by atoms with Crippen LogP contribution < -0.4 is 11.2 Å². The molecule has 20 heavy (non-hydrogen) atoms. The van der Waals surface area contributed by atoms with E-state index in [9.17, 15) is 14.0 Å². The summed E-state index contributed by atoms with van der Waals surface area (Å²) in [7, 11) is 0. The van der Waals surface area contributed by atoms with E-state index in [-0.39, 0.29) is 11.1 Å². The SMILES string of the molecule is CCc1c[nH]c(=O)n(C(F)c2cccc(C#N)c2)c1=O. The Hall–Kier alpha value is -2.68. The van der Waals surface area contributed by atoms with E-state index in [1.165, 1.54) is 30.5 Å². The predicted octanol–water partition coefficient (Wildman–Crippen LogP) is 1.49. The minimum absolute atomic E-state index is 0.0879. The van der Waals surface area contributed by atoms with Crippen molar-refractivity contribution in [1.29, 1.82) is 5.26 Å². The number of hydrogen-bond acceptors (Lipinski definition) is 3. The molecule has 1 heterocycles. The highest BCUT2D eigenvalue weighted by Crippen LogP contribution is 2.17. The van der Waals surface area contributed by atoms with E-state index in [1.54, 1.807) is 6.92 Å². The number of hydrogen-bond donors (Lipinski definition) is 1. The third-order valence-electron chi connectivity index (χ3n) is 2.98. The quantitative estimate of drug-likeness (QED) is 0.920. The lowest BCUT2D eigenvalue weighted by Crippen LogP contribution is -2.38. The summed E-state index contributed by atoms with van der Waals surface area (Å²) in [4.78, 5) is 26.0. The van der Waals surface area contributed by atoms with Crippen molar-refractivity contribution in [1.82, 2.24) is 9.55 Å². The number of aromatic nitrogens is 2. The predicted molar refractivity (Wildman–Crippen MR) is 71.1 cm³/mol. The fourth-order valence-corrected chi connectivity index (χ4v) is 1.89. The van der Waals surface area contributed by atoms with Crippen molar-refractivity contribution in [3.8, 4) is 6.07 Å². The zero-order chi connectivity index (χ0) is 14.7. The monoisotopic (exact) mass is 273 g/mol. The molecule has 0 saturated heterocycles. The number of halogens is 1. The van der Waals surface area contributed by atoms with Crippen LogP contribution in [0.2, 0.25) is 0 Å². The summed E-state index contributed by atoms with van der Waals surface area (Å²) < 4.78 is 15.0. The highest BCUT2D eigenvalue weighted by atomic mass is 19.1. The summed E-state index contributed by atoms with van der Waals surface area (Å²) in [5.74, 6) is 0. The molecule has 1 unspecified atom stereocenters. The van der Waals surface area contributed by atoms with Gasteiger partial charge in [0.2, 0.25) is 6.30 Å². The largest absolute Gasteiger partial charge is 0.331 e. The third-order valence-corrected chi connectivity index (χ3v) is 2.98. The molecule has 0 bridgehead atoms. The molecule has 0 fully saturated rings. The van der Waals surface area contributed by atoms with Crippen LogP contribution in [0.1, 0.15) is 29.9 Å². The smallest absolute Gasteiger partial charge is 0.314 e. The summed E-state index contributed by atoms with van der Waals surface area (Å²) >= 11 is 0. The lowest BCUT2D eigenvalue weighted by molar-refractivity contribution is 0.277. The van der Waals surface area contributed by atoms with Gasteiger partial charge in [0.15, 0.2) is 0 Å². The number of nitriles is 1. The minimum Gasteiger partial charge on any atom is -0.314 e. The summed E-state index contributed by atoms with van der Waals surface area (Å²) in [5, 5.41) is 8.80. The highest BCUT2D eigenvalue weighted by molar-refractivity contribution is 5.33. The van der Waals surface area contributed by atoms with Gasteiger partial charge < -0.3 is 4.98 Å². The Morgan fingerprint density at radius 2 is 2.20 bits per heavy atom. The molecule has 0 spiro atoms. The molecule has 5 nitrogen and oxygen atoms in total. The van der Waals surface area contributed by atoms with E-state index < -0.39 is 17.5 Å². The van der Waals surface area contributed by atoms with Gasteiger partial charge in [0.05, 0.1) is 11.6 Å². The van der Waals surface area contributed by atoms with Gasteiger partial charge in [-0.05, 0) is 18.6 Å². The number of nitrogens with zero attached hydrogens (tertiary/aromatic N) is 2. The molecular weight excluding hydrogens is 261 g/mol. The second kappa shape index (κ2) is 5.53. The minimum atomic E-state index is -1.92. The van der Waals surface area contributed by atoms with Gasteiger partial charge in [-0.1, -0.05) is 19.1 Å². The van der Waals surface area contributed by atoms with Crippen LogP contribution in [0.15, 0.2) is 40.1 Å². The standard InChI is InChI=1S/C14H12FN3O2/c1-2-10-8-17-14(20)18(13(10)19)12(15)11-5-3-4-9(6-11)7-16/h3-6,8,12H,2H2,1H3,(H,17,20).